The molecule has 0 saturated heterocycles. The summed E-state index contributed by atoms with van der Waals surface area (Å²) in [7, 11) is 0. The van der Waals surface area contributed by atoms with E-state index in [4.69, 9.17) is 11.6 Å². The molecule has 0 fully saturated rings. The zero-order valence-electron chi connectivity index (χ0n) is 13.5. The largest absolute Gasteiger partial charge is 0.493 e. The molecule has 10 heteroatoms. The number of rotatable bonds is 4. The Bertz CT molecular complexity index is 1170. The lowest BCUT2D eigenvalue weighted by atomic mass is 10.2. The van der Waals surface area contributed by atoms with Gasteiger partial charge in [0.25, 0.3) is 11.2 Å². The van der Waals surface area contributed by atoms with Gasteiger partial charge < -0.3 is 5.11 Å². The van der Waals surface area contributed by atoms with Crippen molar-refractivity contribution in [1.29, 1.82) is 0 Å². The van der Waals surface area contributed by atoms with E-state index in [0.717, 1.165) is 16.8 Å². The minimum Gasteiger partial charge on any atom is -0.493 e. The molecular formula is C17H11ClN4O5. The molecule has 0 atom stereocenters. The molecule has 0 saturated carbocycles. The first kappa shape index (κ1) is 18.1. The zero-order valence-corrected chi connectivity index (χ0v) is 14.3. The van der Waals surface area contributed by atoms with Gasteiger partial charge in [-0.25, -0.2) is 14.4 Å². The third-order valence-corrected chi connectivity index (χ3v) is 3.84. The maximum atomic E-state index is 12.1. The normalized spacial score (nSPS) is 11.0. The van der Waals surface area contributed by atoms with Gasteiger partial charge in [-0.15, -0.1) is 0 Å². The fourth-order valence-electron chi connectivity index (χ4n) is 2.36. The third-order valence-electron chi connectivity index (χ3n) is 3.60. The van der Waals surface area contributed by atoms with Gasteiger partial charge in [0.05, 0.1) is 10.6 Å². The Labute approximate surface area is 156 Å². The average molecular weight is 387 g/mol. The molecule has 136 valence electrons. The van der Waals surface area contributed by atoms with Crippen molar-refractivity contribution in [2.24, 2.45) is 4.99 Å². The zero-order chi connectivity index (χ0) is 19.6. The number of benzene rings is 2. The molecule has 1 heterocycles. The molecule has 0 amide bonds. The summed E-state index contributed by atoms with van der Waals surface area (Å²) in [6, 6.07) is 12.0. The lowest BCUT2D eigenvalue weighted by Crippen LogP contribution is -2.31. The molecule has 3 aromatic rings. The van der Waals surface area contributed by atoms with Crippen LogP contribution in [0.25, 0.3) is 5.69 Å². The molecule has 0 unspecified atom stereocenters. The van der Waals surface area contributed by atoms with Gasteiger partial charge in [0.15, 0.2) is 0 Å². The van der Waals surface area contributed by atoms with Gasteiger partial charge >= 0.3 is 5.69 Å². The van der Waals surface area contributed by atoms with Crippen molar-refractivity contribution in [3.05, 3.63) is 90.1 Å². The van der Waals surface area contributed by atoms with E-state index in [-0.39, 0.29) is 22.0 Å². The number of halogens is 1. The molecule has 27 heavy (non-hydrogen) atoms. The number of nitrogens with zero attached hydrogens (tertiary/aromatic N) is 3. The van der Waals surface area contributed by atoms with Gasteiger partial charge in [0.1, 0.15) is 11.3 Å². The number of aromatic nitrogens is 2. The molecule has 9 nitrogen and oxygen atoms in total. The van der Waals surface area contributed by atoms with Crippen LogP contribution < -0.4 is 11.2 Å². The van der Waals surface area contributed by atoms with Crippen molar-refractivity contribution in [1.82, 2.24) is 9.55 Å². The van der Waals surface area contributed by atoms with Crippen molar-refractivity contribution >= 4 is 29.2 Å². The first-order chi connectivity index (χ1) is 12.9. The summed E-state index contributed by atoms with van der Waals surface area (Å²) in [4.78, 5) is 40.6. The van der Waals surface area contributed by atoms with Crippen LogP contribution in [0.1, 0.15) is 5.56 Å². The van der Waals surface area contributed by atoms with E-state index in [1.54, 1.807) is 30.3 Å². The summed E-state index contributed by atoms with van der Waals surface area (Å²) < 4.78 is 0.888. The Hall–Kier alpha value is -3.72. The predicted molar refractivity (Wildman–Crippen MR) is 99.7 cm³/mol. The van der Waals surface area contributed by atoms with Crippen LogP contribution in [-0.2, 0) is 0 Å². The summed E-state index contributed by atoms with van der Waals surface area (Å²) in [5, 5.41) is 21.7. The van der Waals surface area contributed by atoms with E-state index in [1.165, 1.54) is 12.1 Å². The second kappa shape index (κ2) is 7.26. The van der Waals surface area contributed by atoms with E-state index in [1.807, 2.05) is 0 Å². The van der Waals surface area contributed by atoms with E-state index < -0.39 is 22.1 Å². The van der Waals surface area contributed by atoms with Gasteiger partial charge in [0, 0.05) is 17.3 Å². The SMILES string of the molecule is O=c1[nH]c(=O)n(-c2ccccc2)c(O)c1C=Nc1ccc(Cl)cc1[N+](=O)[O-]. The minimum atomic E-state index is -0.884. The Morgan fingerprint density at radius 2 is 1.89 bits per heavy atom. The fraction of sp³-hybridized carbons (Fsp3) is 0. The van der Waals surface area contributed by atoms with Crippen molar-refractivity contribution in [3.63, 3.8) is 0 Å². The van der Waals surface area contributed by atoms with Crippen LogP contribution in [0.15, 0.2) is 63.1 Å². The summed E-state index contributed by atoms with van der Waals surface area (Å²) >= 11 is 5.75. The van der Waals surface area contributed by atoms with E-state index in [2.05, 4.69) is 9.98 Å². The first-order valence-electron chi connectivity index (χ1n) is 7.50. The number of aromatic amines is 1. The number of aliphatic imine (C=N–C) groups is 1. The minimum absolute atomic E-state index is 0.0688. The van der Waals surface area contributed by atoms with Gasteiger partial charge in [-0.2, -0.15) is 0 Å². The maximum absolute atomic E-state index is 12.1. The Kier molecular flexibility index (Phi) is 4.86. The Morgan fingerprint density at radius 1 is 1.19 bits per heavy atom. The summed E-state index contributed by atoms with van der Waals surface area (Å²) in [5.74, 6) is -0.643. The van der Waals surface area contributed by atoms with Gasteiger partial charge in [-0.05, 0) is 24.3 Å². The van der Waals surface area contributed by atoms with Crippen molar-refractivity contribution in [3.8, 4) is 11.6 Å². The van der Waals surface area contributed by atoms with Crippen LogP contribution in [0.4, 0.5) is 11.4 Å². The van der Waals surface area contributed by atoms with Crippen LogP contribution in [0.5, 0.6) is 5.88 Å². The number of hydrogen-bond acceptors (Lipinski definition) is 6. The van der Waals surface area contributed by atoms with Crippen molar-refractivity contribution in [2.45, 2.75) is 0 Å². The van der Waals surface area contributed by atoms with Crippen LogP contribution in [0.2, 0.25) is 5.02 Å². The van der Waals surface area contributed by atoms with Gasteiger partial charge in [0.2, 0.25) is 5.88 Å². The molecule has 2 N–H and O–H groups in total. The van der Waals surface area contributed by atoms with Crippen LogP contribution >= 0.6 is 11.6 Å². The number of aromatic hydroxyl groups is 1. The lowest BCUT2D eigenvalue weighted by Gasteiger charge is -2.09. The van der Waals surface area contributed by atoms with Crippen LogP contribution in [-0.4, -0.2) is 25.8 Å². The molecule has 0 spiro atoms. The highest BCUT2D eigenvalue weighted by molar-refractivity contribution is 6.30. The number of nitro benzene ring substituents is 1. The quantitative estimate of drug-likeness (QED) is 0.404. The highest BCUT2D eigenvalue weighted by Crippen LogP contribution is 2.30. The molecule has 0 aliphatic carbocycles. The molecule has 1 aromatic heterocycles. The van der Waals surface area contributed by atoms with E-state index in [9.17, 15) is 24.8 Å². The molecule has 0 bridgehead atoms. The average Bonchev–Trinajstić information content (AvgIpc) is 2.63. The molecule has 0 radical (unpaired) electrons. The van der Waals surface area contributed by atoms with Crippen LogP contribution in [0.3, 0.4) is 0 Å². The second-order valence-electron chi connectivity index (χ2n) is 5.32. The van der Waals surface area contributed by atoms with Crippen LogP contribution in [0, 0.1) is 10.1 Å². The first-order valence-corrected chi connectivity index (χ1v) is 7.88. The smallest absolute Gasteiger partial charge is 0.335 e. The Balaban J connectivity index is 2.14. The van der Waals surface area contributed by atoms with E-state index >= 15 is 0 Å². The number of hydrogen-bond donors (Lipinski definition) is 2. The standard InChI is InChI=1S/C17H11ClN4O5/c18-10-6-7-13(14(8-10)22(26)27)19-9-12-15(23)20-17(25)21(16(12)24)11-4-2-1-3-5-11/h1-9,24H,(H,20,23,25). The molecular weight excluding hydrogens is 376 g/mol. The highest BCUT2D eigenvalue weighted by atomic mass is 35.5. The van der Waals surface area contributed by atoms with Gasteiger partial charge in [-0.3, -0.25) is 19.9 Å². The number of para-hydroxylation sites is 1. The molecule has 0 aliphatic heterocycles. The van der Waals surface area contributed by atoms with Crippen molar-refractivity contribution < 1.29 is 10.0 Å². The summed E-state index contributed by atoms with van der Waals surface area (Å²) in [6.45, 7) is 0. The summed E-state index contributed by atoms with van der Waals surface area (Å²) in [6.07, 6.45) is 0.948. The fourth-order valence-corrected chi connectivity index (χ4v) is 2.52. The molecule has 0 aliphatic rings. The molecule has 2 aromatic carbocycles. The van der Waals surface area contributed by atoms with Gasteiger partial charge in [-0.1, -0.05) is 29.8 Å². The predicted octanol–water partition coefficient (Wildman–Crippen LogP) is 2.54. The number of H-pyrrole nitrogens is 1. The monoisotopic (exact) mass is 386 g/mol. The van der Waals surface area contributed by atoms with E-state index in [0.29, 0.717) is 5.69 Å². The third kappa shape index (κ3) is 3.62. The van der Waals surface area contributed by atoms with Crippen molar-refractivity contribution in [2.75, 3.05) is 0 Å². The maximum Gasteiger partial charge on any atom is 0.335 e. The molecule has 3 rings (SSSR count). The number of nitro groups is 1. The lowest BCUT2D eigenvalue weighted by molar-refractivity contribution is -0.384. The Morgan fingerprint density at radius 3 is 2.56 bits per heavy atom. The summed E-state index contributed by atoms with van der Waals surface area (Å²) in [5.41, 5.74) is -2.17. The topological polar surface area (TPSA) is 131 Å². The highest BCUT2D eigenvalue weighted by Gasteiger charge is 2.16. The number of nitrogens with one attached hydrogen (secondary N) is 1. The second-order valence-corrected chi connectivity index (χ2v) is 5.75.